The van der Waals surface area contributed by atoms with Crippen LogP contribution in [0, 0.1) is 0 Å². The highest BCUT2D eigenvalue weighted by Gasteiger charge is 2.34. The molecule has 0 bridgehead atoms. The molecule has 1 aromatic carbocycles. The molecule has 0 aliphatic carbocycles. The number of benzene rings is 1. The average molecular weight is 305 g/mol. The molecule has 1 N–H and O–H groups in total. The van der Waals surface area contributed by atoms with Crippen LogP contribution in [-0.4, -0.2) is 21.0 Å². The normalized spacial score (nSPS) is 11.8. The molecule has 0 radical (unpaired) electrons. The monoisotopic (exact) mass is 304 g/mol. The van der Waals surface area contributed by atoms with Crippen molar-refractivity contribution in [3.63, 3.8) is 0 Å². The number of hydrogen-bond donors (Lipinski definition) is 1. The maximum atomic E-state index is 12.9. The highest BCUT2D eigenvalue weighted by atomic mass is 35.5. The summed E-state index contributed by atoms with van der Waals surface area (Å²) < 4.78 is 38.7. The Morgan fingerprint density at radius 3 is 2.50 bits per heavy atom. The van der Waals surface area contributed by atoms with Crippen LogP contribution >= 0.6 is 11.6 Å². The largest absolute Gasteiger partial charge is 0.476 e. The van der Waals surface area contributed by atoms with Gasteiger partial charge in [-0.15, -0.1) is 0 Å². The molecule has 8 heteroatoms. The summed E-state index contributed by atoms with van der Waals surface area (Å²) in [5, 5.41) is 8.44. The molecule has 0 fully saturated rings. The minimum absolute atomic E-state index is 0.0303. The Kier molecular flexibility index (Phi) is 3.56. The summed E-state index contributed by atoms with van der Waals surface area (Å²) in [6, 6.07) is 1.96. The molecule has 2 rings (SSSR count). The van der Waals surface area contributed by atoms with Gasteiger partial charge >= 0.3 is 12.1 Å². The number of nitrogens with zero attached hydrogens (tertiary/aromatic N) is 2. The lowest BCUT2D eigenvalue weighted by atomic mass is 10.0. The fourth-order valence-corrected chi connectivity index (χ4v) is 2.12. The van der Waals surface area contributed by atoms with Crippen molar-refractivity contribution in [3.05, 3.63) is 34.1 Å². The highest BCUT2D eigenvalue weighted by molar-refractivity contribution is 6.32. The van der Waals surface area contributed by atoms with E-state index in [-0.39, 0.29) is 23.0 Å². The fraction of sp³-hybridized carbons (Fsp3) is 0.250. The van der Waals surface area contributed by atoms with Crippen molar-refractivity contribution < 1.29 is 23.1 Å². The maximum Gasteiger partial charge on any atom is 0.416 e. The molecular formula is C12H8ClF3N2O2. The summed E-state index contributed by atoms with van der Waals surface area (Å²) in [6.45, 7) is 1.55. The van der Waals surface area contributed by atoms with Gasteiger partial charge in [-0.2, -0.15) is 13.2 Å². The van der Waals surface area contributed by atoms with Gasteiger partial charge in [0, 0.05) is 0 Å². The fourth-order valence-electron chi connectivity index (χ4n) is 1.92. The van der Waals surface area contributed by atoms with Gasteiger partial charge in [-0.05, 0) is 24.1 Å². The molecule has 0 aliphatic rings. The Morgan fingerprint density at radius 2 is 2.00 bits per heavy atom. The van der Waals surface area contributed by atoms with Crippen LogP contribution in [0.15, 0.2) is 12.1 Å². The van der Waals surface area contributed by atoms with Gasteiger partial charge in [0.25, 0.3) is 0 Å². The number of rotatable bonds is 2. The Bertz CT molecular complexity index is 701. The highest BCUT2D eigenvalue weighted by Crippen LogP contribution is 2.35. The van der Waals surface area contributed by atoms with Crippen molar-refractivity contribution in [1.82, 2.24) is 9.97 Å². The number of carboxylic acid groups (broad SMARTS) is 1. The third-order valence-electron chi connectivity index (χ3n) is 2.76. The molecule has 1 heterocycles. The maximum absolute atomic E-state index is 12.9. The van der Waals surface area contributed by atoms with Gasteiger partial charge in [0.2, 0.25) is 0 Å². The first-order chi connectivity index (χ1) is 9.25. The van der Waals surface area contributed by atoms with Crippen molar-refractivity contribution in [2.75, 3.05) is 0 Å². The van der Waals surface area contributed by atoms with E-state index in [2.05, 4.69) is 9.97 Å². The molecular weight excluding hydrogens is 297 g/mol. The van der Waals surface area contributed by atoms with Crippen LogP contribution < -0.4 is 0 Å². The van der Waals surface area contributed by atoms with Crippen LogP contribution in [0.3, 0.4) is 0 Å². The van der Waals surface area contributed by atoms with E-state index in [9.17, 15) is 18.0 Å². The second-order valence-corrected chi connectivity index (χ2v) is 4.34. The second-order valence-electron chi connectivity index (χ2n) is 3.98. The number of aromatic carboxylic acids is 1. The molecule has 0 saturated carbocycles. The van der Waals surface area contributed by atoms with Gasteiger partial charge in [-0.3, -0.25) is 0 Å². The summed E-state index contributed by atoms with van der Waals surface area (Å²) in [6.07, 6.45) is -4.44. The van der Waals surface area contributed by atoms with Crippen molar-refractivity contribution in [2.45, 2.75) is 19.5 Å². The summed E-state index contributed by atoms with van der Waals surface area (Å²) in [7, 11) is 0. The van der Waals surface area contributed by atoms with E-state index in [4.69, 9.17) is 16.7 Å². The van der Waals surface area contributed by atoms with E-state index in [1.54, 1.807) is 6.92 Å². The Balaban J connectivity index is 2.82. The lowest BCUT2D eigenvalue weighted by Crippen LogP contribution is -2.11. The quantitative estimate of drug-likeness (QED) is 0.921. The van der Waals surface area contributed by atoms with Crippen LogP contribution in [-0.2, 0) is 12.6 Å². The minimum Gasteiger partial charge on any atom is -0.476 e. The van der Waals surface area contributed by atoms with Gasteiger partial charge in [0.1, 0.15) is 0 Å². The number of alkyl halides is 3. The topological polar surface area (TPSA) is 63.1 Å². The molecule has 106 valence electrons. The van der Waals surface area contributed by atoms with Crippen LogP contribution in [0.25, 0.3) is 11.0 Å². The molecule has 20 heavy (non-hydrogen) atoms. The zero-order valence-electron chi connectivity index (χ0n) is 10.1. The molecule has 0 saturated heterocycles. The number of halogens is 4. The molecule has 0 aliphatic heterocycles. The van der Waals surface area contributed by atoms with E-state index in [1.165, 1.54) is 0 Å². The predicted octanol–water partition coefficient (Wildman–Crippen LogP) is 3.56. The third kappa shape index (κ3) is 2.40. The molecule has 0 spiro atoms. The minimum atomic E-state index is -4.51. The van der Waals surface area contributed by atoms with Crippen LogP contribution in [0.2, 0.25) is 5.15 Å². The van der Waals surface area contributed by atoms with Gasteiger partial charge < -0.3 is 5.11 Å². The van der Waals surface area contributed by atoms with Crippen LogP contribution in [0.5, 0.6) is 0 Å². The molecule has 0 unspecified atom stereocenters. The van der Waals surface area contributed by atoms with Gasteiger partial charge in [0.15, 0.2) is 10.8 Å². The molecule has 0 amide bonds. The number of aryl methyl sites for hydroxylation is 1. The first kappa shape index (κ1) is 14.5. The SMILES string of the molecule is CCc1c(C(F)(F)F)ccc2nc(C(=O)O)c(Cl)nc12. The lowest BCUT2D eigenvalue weighted by Gasteiger charge is -2.13. The van der Waals surface area contributed by atoms with Crippen LogP contribution in [0.4, 0.5) is 13.2 Å². The number of carboxylic acids is 1. The van der Waals surface area contributed by atoms with Crippen LogP contribution in [0.1, 0.15) is 28.5 Å². The molecule has 0 atom stereocenters. The van der Waals surface area contributed by atoms with Crippen molar-refractivity contribution >= 4 is 28.6 Å². The van der Waals surface area contributed by atoms with Crippen molar-refractivity contribution in [3.8, 4) is 0 Å². The molecule has 1 aromatic heterocycles. The van der Waals surface area contributed by atoms with E-state index in [1.807, 2.05) is 0 Å². The molecule has 2 aromatic rings. The summed E-state index contributed by atoms with van der Waals surface area (Å²) in [5.41, 5.74) is -1.32. The summed E-state index contributed by atoms with van der Waals surface area (Å²) in [5.74, 6) is -1.39. The van der Waals surface area contributed by atoms with Gasteiger partial charge in [-0.25, -0.2) is 14.8 Å². The molecule has 4 nitrogen and oxygen atoms in total. The first-order valence-electron chi connectivity index (χ1n) is 5.55. The lowest BCUT2D eigenvalue weighted by molar-refractivity contribution is -0.138. The average Bonchev–Trinajstić information content (AvgIpc) is 2.35. The van der Waals surface area contributed by atoms with E-state index < -0.39 is 28.6 Å². The van der Waals surface area contributed by atoms with E-state index in [0.717, 1.165) is 12.1 Å². The van der Waals surface area contributed by atoms with Gasteiger partial charge in [0.05, 0.1) is 16.6 Å². The number of carbonyl (C=O) groups is 1. The summed E-state index contributed by atoms with van der Waals surface area (Å²) >= 11 is 5.66. The third-order valence-corrected chi connectivity index (χ3v) is 3.02. The Labute approximate surface area is 116 Å². The summed E-state index contributed by atoms with van der Waals surface area (Å²) in [4.78, 5) is 18.4. The predicted molar refractivity (Wildman–Crippen MR) is 65.9 cm³/mol. The smallest absolute Gasteiger partial charge is 0.416 e. The van der Waals surface area contributed by atoms with Gasteiger partial charge in [-0.1, -0.05) is 18.5 Å². The van der Waals surface area contributed by atoms with E-state index in [0.29, 0.717) is 0 Å². The van der Waals surface area contributed by atoms with E-state index >= 15 is 0 Å². The Hall–Kier alpha value is -1.89. The second kappa shape index (κ2) is 4.90. The van der Waals surface area contributed by atoms with Crippen molar-refractivity contribution in [1.29, 1.82) is 0 Å². The first-order valence-corrected chi connectivity index (χ1v) is 5.93. The Morgan fingerprint density at radius 1 is 1.35 bits per heavy atom. The number of fused-ring (bicyclic) bond motifs is 1. The number of hydrogen-bond acceptors (Lipinski definition) is 3. The zero-order chi connectivity index (χ0) is 15.1. The standard InChI is InChI=1S/C12H8ClF3N2O2/c1-2-5-6(12(14,15)16)3-4-7-8(5)18-10(13)9(17-7)11(19)20/h3-4H,2H2,1H3,(H,19,20). The zero-order valence-corrected chi connectivity index (χ0v) is 10.9. The van der Waals surface area contributed by atoms with Crippen molar-refractivity contribution in [2.24, 2.45) is 0 Å². The number of aromatic nitrogens is 2.